The van der Waals surface area contributed by atoms with E-state index in [1.165, 1.54) is 11.8 Å². The van der Waals surface area contributed by atoms with E-state index in [1.54, 1.807) is 42.5 Å². The summed E-state index contributed by atoms with van der Waals surface area (Å²) in [6.07, 6.45) is 0. The van der Waals surface area contributed by atoms with E-state index in [0.717, 1.165) is 10.6 Å². The fourth-order valence-electron chi connectivity index (χ4n) is 1.65. The summed E-state index contributed by atoms with van der Waals surface area (Å²) in [6, 6.07) is 13.7. The van der Waals surface area contributed by atoms with Gasteiger partial charge >= 0.3 is 5.97 Å². The molecule has 0 bridgehead atoms. The van der Waals surface area contributed by atoms with Crippen molar-refractivity contribution in [2.24, 2.45) is 0 Å². The van der Waals surface area contributed by atoms with Gasteiger partial charge in [-0.25, -0.2) is 0 Å². The molecule has 0 atom stereocenters. The van der Waals surface area contributed by atoms with Gasteiger partial charge in [0.15, 0.2) is 0 Å². The highest BCUT2D eigenvalue weighted by Gasteiger charge is 2.06. The topological polar surface area (TPSA) is 55.8 Å². The predicted molar refractivity (Wildman–Crippen MR) is 82.1 cm³/mol. The van der Waals surface area contributed by atoms with Gasteiger partial charge in [0.05, 0.1) is 12.4 Å². The van der Waals surface area contributed by atoms with Crippen LogP contribution in [0.15, 0.2) is 53.4 Å². The molecular formula is C16H16O4S. The molecule has 0 unspecified atom stereocenters. The van der Waals surface area contributed by atoms with Gasteiger partial charge < -0.3 is 14.6 Å². The molecule has 0 aliphatic carbocycles. The summed E-state index contributed by atoms with van der Waals surface area (Å²) in [5, 5.41) is 9.34. The molecule has 0 saturated heterocycles. The summed E-state index contributed by atoms with van der Waals surface area (Å²) < 4.78 is 10.5. The van der Waals surface area contributed by atoms with Gasteiger partial charge in [-0.05, 0) is 49.4 Å². The molecule has 0 heterocycles. The van der Waals surface area contributed by atoms with Crippen molar-refractivity contribution >= 4 is 17.7 Å². The molecule has 110 valence electrons. The third-order valence-electron chi connectivity index (χ3n) is 2.54. The minimum absolute atomic E-state index is 0.177. The molecule has 2 aromatic carbocycles. The van der Waals surface area contributed by atoms with Crippen LogP contribution in [0.25, 0.3) is 0 Å². The Bertz CT molecular complexity index is 595. The van der Waals surface area contributed by atoms with Gasteiger partial charge in [-0.1, -0.05) is 6.07 Å². The third-order valence-corrected chi connectivity index (χ3v) is 3.51. The first-order valence-electron chi connectivity index (χ1n) is 6.52. The Hall–Kier alpha value is -2.14. The van der Waals surface area contributed by atoms with Gasteiger partial charge in [0.2, 0.25) is 0 Å². The number of thioether (sulfide) groups is 1. The maximum atomic E-state index is 11.7. The lowest BCUT2D eigenvalue weighted by Gasteiger charge is -2.06. The van der Waals surface area contributed by atoms with Gasteiger partial charge in [-0.15, -0.1) is 11.8 Å². The molecule has 0 aromatic heterocycles. The van der Waals surface area contributed by atoms with E-state index in [9.17, 15) is 9.90 Å². The van der Waals surface area contributed by atoms with Gasteiger partial charge in [0, 0.05) is 4.90 Å². The second-order valence-corrected chi connectivity index (χ2v) is 5.21. The second-order valence-electron chi connectivity index (χ2n) is 4.16. The van der Waals surface area contributed by atoms with E-state index in [-0.39, 0.29) is 17.5 Å². The van der Waals surface area contributed by atoms with Crippen LogP contribution in [-0.4, -0.2) is 23.4 Å². The Morgan fingerprint density at radius 3 is 2.52 bits per heavy atom. The van der Waals surface area contributed by atoms with E-state index in [4.69, 9.17) is 9.47 Å². The highest BCUT2D eigenvalue weighted by Crippen LogP contribution is 2.23. The average molecular weight is 304 g/mol. The highest BCUT2D eigenvalue weighted by molar-refractivity contribution is 8.00. The van der Waals surface area contributed by atoms with Crippen LogP contribution in [0.3, 0.4) is 0 Å². The zero-order valence-electron chi connectivity index (χ0n) is 11.6. The standard InChI is InChI=1S/C16H16O4S/c1-2-19-13-6-8-14(9-7-13)20-16(18)11-21-15-5-3-4-12(17)10-15/h3-10,17H,2,11H2,1H3. The third kappa shape index (κ3) is 5.04. The van der Waals surface area contributed by atoms with Crippen molar-refractivity contribution in [1.82, 2.24) is 0 Å². The van der Waals surface area contributed by atoms with E-state index in [0.29, 0.717) is 12.4 Å². The first-order chi connectivity index (χ1) is 10.2. The van der Waals surface area contributed by atoms with Crippen LogP contribution >= 0.6 is 11.8 Å². The van der Waals surface area contributed by atoms with E-state index >= 15 is 0 Å². The summed E-state index contributed by atoms with van der Waals surface area (Å²) in [5.41, 5.74) is 0. The fraction of sp³-hybridized carbons (Fsp3) is 0.188. The van der Waals surface area contributed by atoms with Crippen molar-refractivity contribution in [3.8, 4) is 17.2 Å². The number of hydrogen-bond donors (Lipinski definition) is 1. The van der Waals surface area contributed by atoms with Gasteiger partial charge in [0.25, 0.3) is 0 Å². The lowest BCUT2D eigenvalue weighted by Crippen LogP contribution is -2.10. The van der Waals surface area contributed by atoms with Crippen molar-refractivity contribution in [1.29, 1.82) is 0 Å². The predicted octanol–water partition coefficient (Wildman–Crippen LogP) is 3.49. The number of aromatic hydroxyl groups is 1. The monoisotopic (exact) mass is 304 g/mol. The van der Waals surface area contributed by atoms with Crippen LogP contribution in [0, 0.1) is 0 Å². The van der Waals surface area contributed by atoms with Crippen molar-refractivity contribution in [2.75, 3.05) is 12.4 Å². The van der Waals surface area contributed by atoms with Gasteiger partial charge in [-0.3, -0.25) is 4.79 Å². The summed E-state index contributed by atoms with van der Waals surface area (Å²) in [5.74, 6) is 1.25. The molecule has 0 aliphatic heterocycles. The summed E-state index contributed by atoms with van der Waals surface area (Å²) in [6.45, 7) is 2.51. The minimum atomic E-state index is -0.340. The first kappa shape index (κ1) is 15.3. The molecule has 5 heteroatoms. The SMILES string of the molecule is CCOc1ccc(OC(=O)CSc2cccc(O)c2)cc1. The zero-order valence-corrected chi connectivity index (χ0v) is 12.4. The molecule has 4 nitrogen and oxygen atoms in total. The Morgan fingerprint density at radius 2 is 1.86 bits per heavy atom. The normalized spacial score (nSPS) is 10.1. The van der Waals surface area contributed by atoms with Crippen molar-refractivity contribution < 1.29 is 19.4 Å². The van der Waals surface area contributed by atoms with Gasteiger partial charge in [-0.2, -0.15) is 0 Å². The van der Waals surface area contributed by atoms with Crippen LogP contribution in [0.2, 0.25) is 0 Å². The molecule has 0 fully saturated rings. The number of carbonyl (C=O) groups is 1. The van der Waals surface area contributed by atoms with E-state index in [2.05, 4.69) is 0 Å². The molecule has 2 aromatic rings. The molecule has 1 N–H and O–H groups in total. The molecule has 0 radical (unpaired) electrons. The van der Waals surface area contributed by atoms with Crippen LogP contribution in [-0.2, 0) is 4.79 Å². The fourth-order valence-corrected chi connectivity index (χ4v) is 2.37. The van der Waals surface area contributed by atoms with Crippen molar-refractivity contribution in [2.45, 2.75) is 11.8 Å². The number of ether oxygens (including phenoxy) is 2. The second kappa shape index (κ2) is 7.59. The van der Waals surface area contributed by atoms with Crippen molar-refractivity contribution in [3.63, 3.8) is 0 Å². The van der Waals surface area contributed by atoms with E-state index in [1.807, 2.05) is 13.0 Å². The largest absolute Gasteiger partial charge is 0.508 e. The van der Waals surface area contributed by atoms with E-state index < -0.39 is 0 Å². The van der Waals surface area contributed by atoms with Crippen LogP contribution in [0.1, 0.15) is 6.92 Å². The molecule has 2 rings (SSSR count). The van der Waals surface area contributed by atoms with Crippen LogP contribution in [0.5, 0.6) is 17.2 Å². The Kier molecular flexibility index (Phi) is 5.51. The number of carbonyl (C=O) groups excluding carboxylic acids is 1. The number of phenolic OH excluding ortho intramolecular Hbond substituents is 1. The quantitative estimate of drug-likeness (QED) is 0.503. The van der Waals surface area contributed by atoms with Gasteiger partial charge in [0.1, 0.15) is 17.2 Å². The number of benzene rings is 2. The number of phenols is 1. The van der Waals surface area contributed by atoms with Crippen molar-refractivity contribution in [3.05, 3.63) is 48.5 Å². The minimum Gasteiger partial charge on any atom is -0.508 e. The first-order valence-corrected chi connectivity index (χ1v) is 7.51. The molecule has 0 aliphatic rings. The Balaban J connectivity index is 1.84. The molecular weight excluding hydrogens is 288 g/mol. The molecule has 0 saturated carbocycles. The summed E-state index contributed by atoms with van der Waals surface area (Å²) >= 11 is 1.31. The molecule has 0 spiro atoms. The Morgan fingerprint density at radius 1 is 1.14 bits per heavy atom. The lowest BCUT2D eigenvalue weighted by molar-refractivity contribution is -0.131. The van der Waals surface area contributed by atoms with Crippen LogP contribution < -0.4 is 9.47 Å². The smallest absolute Gasteiger partial charge is 0.321 e. The molecule has 21 heavy (non-hydrogen) atoms. The average Bonchev–Trinajstić information content (AvgIpc) is 2.48. The Labute approximate surface area is 127 Å². The maximum Gasteiger partial charge on any atom is 0.321 e. The lowest BCUT2D eigenvalue weighted by atomic mass is 10.3. The number of esters is 1. The number of rotatable bonds is 6. The highest BCUT2D eigenvalue weighted by atomic mass is 32.2. The maximum absolute atomic E-state index is 11.7. The summed E-state index contributed by atoms with van der Waals surface area (Å²) in [7, 11) is 0. The van der Waals surface area contributed by atoms with Crippen LogP contribution in [0.4, 0.5) is 0 Å². The zero-order chi connectivity index (χ0) is 15.1. The summed E-state index contributed by atoms with van der Waals surface area (Å²) in [4.78, 5) is 12.6. The molecule has 0 amide bonds. The number of hydrogen-bond acceptors (Lipinski definition) is 5.